The summed E-state index contributed by atoms with van der Waals surface area (Å²) in [5.74, 6) is -0.165. The first-order chi connectivity index (χ1) is 8.26. The quantitative estimate of drug-likeness (QED) is 0.459. The molecule has 0 fully saturated rings. The molecule has 0 aliphatic carbocycles. The highest BCUT2D eigenvalue weighted by molar-refractivity contribution is 7.98. The number of benzene rings is 1. The standard InChI is InChI=1S/C13H19NO2S/c1-16-13(15)8-10-14-9-7-11-3-5-12(17-2)6-4-11/h3-6,14H,7-10H2,1-2H3. The van der Waals surface area contributed by atoms with E-state index in [2.05, 4.69) is 40.6 Å². The topological polar surface area (TPSA) is 38.3 Å². The van der Waals surface area contributed by atoms with Gasteiger partial charge in [0.1, 0.15) is 0 Å². The number of rotatable bonds is 7. The maximum Gasteiger partial charge on any atom is 0.306 e. The molecule has 94 valence electrons. The van der Waals surface area contributed by atoms with Crippen molar-refractivity contribution in [1.29, 1.82) is 0 Å². The second-order valence-corrected chi connectivity index (χ2v) is 4.55. The van der Waals surface area contributed by atoms with Gasteiger partial charge in [-0.05, 0) is 36.9 Å². The van der Waals surface area contributed by atoms with Gasteiger partial charge in [0.25, 0.3) is 0 Å². The van der Waals surface area contributed by atoms with E-state index >= 15 is 0 Å². The van der Waals surface area contributed by atoms with E-state index in [4.69, 9.17) is 0 Å². The molecule has 0 unspecified atom stereocenters. The first kappa shape index (κ1) is 14.1. The molecule has 3 nitrogen and oxygen atoms in total. The Morgan fingerprint density at radius 1 is 1.29 bits per heavy atom. The highest BCUT2D eigenvalue weighted by atomic mass is 32.2. The molecule has 17 heavy (non-hydrogen) atoms. The van der Waals surface area contributed by atoms with E-state index in [1.807, 2.05) is 0 Å². The van der Waals surface area contributed by atoms with Gasteiger partial charge in [0.2, 0.25) is 0 Å². The average Bonchev–Trinajstić information content (AvgIpc) is 2.38. The molecule has 1 rings (SSSR count). The number of methoxy groups -OCH3 is 1. The monoisotopic (exact) mass is 253 g/mol. The van der Waals surface area contributed by atoms with E-state index in [1.54, 1.807) is 11.8 Å². The van der Waals surface area contributed by atoms with Crippen LogP contribution in [0, 0.1) is 0 Å². The highest BCUT2D eigenvalue weighted by Gasteiger charge is 1.98. The van der Waals surface area contributed by atoms with Crippen molar-refractivity contribution in [1.82, 2.24) is 5.32 Å². The summed E-state index contributed by atoms with van der Waals surface area (Å²) in [6.07, 6.45) is 3.49. The molecule has 0 aliphatic heterocycles. The number of carbonyl (C=O) groups is 1. The van der Waals surface area contributed by atoms with Gasteiger partial charge in [0.05, 0.1) is 13.5 Å². The Bertz CT molecular complexity index is 338. The molecule has 1 aromatic rings. The van der Waals surface area contributed by atoms with Gasteiger partial charge in [0.15, 0.2) is 0 Å². The molecule has 0 saturated heterocycles. The molecule has 0 bridgehead atoms. The van der Waals surface area contributed by atoms with Crippen molar-refractivity contribution < 1.29 is 9.53 Å². The first-order valence-electron chi connectivity index (χ1n) is 5.66. The van der Waals surface area contributed by atoms with Crippen molar-refractivity contribution in [2.75, 3.05) is 26.5 Å². The number of nitrogens with one attached hydrogen (secondary N) is 1. The summed E-state index contributed by atoms with van der Waals surface area (Å²) < 4.78 is 4.56. The van der Waals surface area contributed by atoms with Crippen LogP contribution in [0.15, 0.2) is 29.2 Å². The summed E-state index contributed by atoms with van der Waals surface area (Å²) in [7, 11) is 1.41. The molecule has 0 amide bonds. The lowest BCUT2D eigenvalue weighted by molar-refractivity contribution is -0.140. The van der Waals surface area contributed by atoms with E-state index < -0.39 is 0 Å². The van der Waals surface area contributed by atoms with Gasteiger partial charge in [-0.3, -0.25) is 4.79 Å². The zero-order chi connectivity index (χ0) is 12.5. The number of esters is 1. The zero-order valence-corrected chi connectivity index (χ0v) is 11.2. The first-order valence-corrected chi connectivity index (χ1v) is 6.89. The normalized spacial score (nSPS) is 10.2. The average molecular weight is 253 g/mol. The Hall–Kier alpha value is -1.00. The lowest BCUT2D eigenvalue weighted by Crippen LogP contribution is -2.21. The van der Waals surface area contributed by atoms with Crippen molar-refractivity contribution in [3.63, 3.8) is 0 Å². The van der Waals surface area contributed by atoms with Gasteiger partial charge in [-0.1, -0.05) is 12.1 Å². The lowest BCUT2D eigenvalue weighted by Gasteiger charge is -2.05. The predicted molar refractivity (Wildman–Crippen MR) is 71.4 cm³/mol. The molecule has 4 heteroatoms. The molecule has 0 saturated carbocycles. The Morgan fingerprint density at radius 3 is 2.59 bits per heavy atom. The molecular weight excluding hydrogens is 234 g/mol. The third-order valence-corrected chi connectivity index (χ3v) is 3.23. The third kappa shape index (κ3) is 5.75. The summed E-state index contributed by atoms with van der Waals surface area (Å²) in [6.45, 7) is 1.56. The van der Waals surface area contributed by atoms with Gasteiger partial charge < -0.3 is 10.1 Å². The smallest absolute Gasteiger partial charge is 0.306 e. The van der Waals surface area contributed by atoms with Gasteiger partial charge in [0, 0.05) is 11.4 Å². The van der Waals surface area contributed by atoms with Gasteiger partial charge in [-0.25, -0.2) is 0 Å². The fraction of sp³-hybridized carbons (Fsp3) is 0.462. The van der Waals surface area contributed by atoms with Crippen LogP contribution in [-0.2, 0) is 16.0 Å². The molecule has 0 heterocycles. The van der Waals surface area contributed by atoms with E-state index in [1.165, 1.54) is 17.6 Å². The van der Waals surface area contributed by atoms with Crippen LogP contribution in [0.4, 0.5) is 0 Å². The van der Waals surface area contributed by atoms with Crippen molar-refractivity contribution in [3.05, 3.63) is 29.8 Å². The third-order valence-electron chi connectivity index (χ3n) is 2.48. The molecular formula is C13H19NO2S. The van der Waals surface area contributed by atoms with E-state index in [0.717, 1.165) is 13.0 Å². The molecule has 1 N–H and O–H groups in total. The number of hydrogen-bond donors (Lipinski definition) is 1. The Kier molecular flexibility index (Phi) is 6.74. The molecule has 0 spiro atoms. The number of ether oxygens (including phenoxy) is 1. The number of thioether (sulfide) groups is 1. The van der Waals surface area contributed by atoms with Crippen molar-refractivity contribution in [2.24, 2.45) is 0 Å². The molecule has 1 aromatic carbocycles. The van der Waals surface area contributed by atoms with Crippen LogP contribution in [-0.4, -0.2) is 32.4 Å². The lowest BCUT2D eigenvalue weighted by atomic mass is 10.1. The minimum Gasteiger partial charge on any atom is -0.469 e. The predicted octanol–water partition coefficient (Wildman–Crippen LogP) is 2.10. The van der Waals surface area contributed by atoms with Crippen LogP contribution in [0.5, 0.6) is 0 Å². The summed E-state index contributed by atoms with van der Waals surface area (Å²) in [5, 5.41) is 3.22. The van der Waals surface area contributed by atoms with Crippen LogP contribution >= 0.6 is 11.8 Å². The van der Waals surface area contributed by atoms with Crippen molar-refractivity contribution in [3.8, 4) is 0 Å². The second-order valence-electron chi connectivity index (χ2n) is 3.67. The number of carbonyl (C=O) groups excluding carboxylic acids is 1. The maximum atomic E-state index is 10.9. The fourth-order valence-corrected chi connectivity index (χ4v) is 1.85. The minimum atomic E-state index is -0.165. The van der Waals surface area contributed by atoms with Crippen molar-refractivity contribution in [2.45, 2.75) is 17.7 Å². The van der Waals surface area contributed by atoms with E-state index in [9.17, 15) is 4.79 Å². The van der Waals surface area contributed by atoms with Gasteiger partial charge in [-0.2, -0.15) is 0 Å². The van der Waals surface area contributed by atoms with Crippen LogP contribution in [0.25, 0.3) is 0 Å². The molecule has 0 radical (unpaired) electrons. The minimum absolute atomic E-state index is 0.165. The summed E-state index contributed by atoms with van der Waals surface area (Å²) in [4.78, 5) is 12.1. The van der Waals surface area contributed by atoms with Crippen LogP contribution in [0.1, 0.15) is 12.0 Å². The molecule has 0 atom stereocenters. The fourth-order valence-electron chi connectivity index (χ4n) is 1.44. The number of hydrogen-bond acceptors (Lipinski definition) is 4. The highest BCUT2D eigenvalue weighted by Crippen LogP contribution is 2.14. The second kappa shape index (κ2) is 8.14. The van der Waals surface area contributed by atoms with Crippen LogP contribution in [0.3, 0.4) is 0 Å². The molecule has 0 aliphatic rings. The van der Waals surface area contributed by atoms with Gasteiger partial charge >= 0.3 is 5.97 Å². The zero-order valence-electron chi connectivity index (χ0n) is 10.4. The summed E-state index contributed by atoms with van der Waals surface area (Å²) in [5.41, 5.74) is 1.31. The van der Waals surface area contributed by atoms with E-state index in [0.29, 0.717) is 13.0 Å². The Labute approximate surface area is 107 Å². The largest absolute Gasteiger partial charge is 0.469 e. The maximum absolute atomic E-state index is 10.9. The van der Waals surface area contributed by atoms with Crippen LogP contribution in [0.2, 0.25) is 0 Å². The van der Waals surface area contributed by atoms with Crippen LogP contribution < -0.4 is 5.32 Å². The summed E-state index contributed by atoms with van der Waals surface area (Å²) >= 11 is 1.75. The Balaban J connectivity index is 2.15. The molecule has 0 aromatic heterocycles. The van der Waals surface area contributed by atoms with Crippen molar-refractivity contribution >= 4 is 17.7 Å². The Morgan fingerprint density at radius 2 is 2.00 bits per heavy atom. The van der Waals surface area contributed by atoms with Gasteiger partial charge in [-0.15, -0.1) is 11.8 Å². The van der Waals surface area contributed by atoms with E-state index in [-0.39, 0.29) is 5.97 Å². The summed E-state index contributed by atoms with van der Waals surface area (Å²) in [6, 6.07) is 8.56. The SMILES string of the molecule is COC(=O)CCNCCc1ccc(SC)cc1.